The summed E-state index contributed by atoms with van der Waals surface area (Å²) in [5, 5.41) is 25.7. The van der Waals surface area contributed by atoms with Gasteiger partial charge in [0.2, 0.25) is 5.52 Å². The first-order chi connectivity index (χ1) is 24.9. The Morgan fingerprint density at radius 2 is 1.41 bits per heavy atom. The van der Waals surface area contributed by atoms with Gasteiger partial charge in [-0.05, 0) is 67.8 Å². The number of aromatic nitrogens is 2. The number of nitro benzene ring substituents is 1. The minimum absolute atomic E-state index is 0.0308. The summed E-state index contributed by atoms with van der Waals surface area (Å²) in [6.45, 7) is 14.0. The van der Waals surface area contributed by atoms with Crippen molar-refractivity contribution in [1.29, 1.82) is 0 Å². The molecule has 4 aromatic carbocycles. The molecule has 13 nitrogen and oxygen atoms in total. The summed E-state index contributed by atoms with van der Waals surface area (Å²) in [5.74, 6) is 1.45. The Morgan fingerprint density at radius 1 is 0.784 bits per heavy atom. The highest BCUT2D eigenvalue weighted by Crippen LogP contribution is 2.58. The highest BCUT2D eigenvalue weighted by Gasteiger charge is 2.56. The summed E-state index contributed by atoms with van der Waals surface area (Å²) in [6.07, 6.45) is 0. The van der Waals surface area contributed by atoms with Crippen LogP contribution in [0.5, 0.6) is 11.5 Å². The predicted octanol–water partition coefficient (Wildman–Crippen LogP) is 6.38. The van der Waals surface area contributed by atoms with Crippen LogP contribution < -0.4 is 25.2 Å². The summed E-state index contributed by atoms with van der Waals surface area (Å²) in [6, 6.07) is 23.7. The Hall–Kier alpha value is -5.69. The SMILES string of the molecule is CCN(CC)c1ccc2c(c1)Oc1cc(N(CC)CC)ccc1C21c2ccccc2C(=O)N1CCNCCNc1ccc([N+](=O)[O-])c2nonc12. The first-order valence-corrected chi connectivity index (χ1v) is 17.6. The average Bonchev–Trinajstić information content (AvgIpc) is 3.73. The fraction of sp³-hybridized carbons (Fsp3) is 0.342. The third-order valence-corrected chi connectivity index (χ3v) is 10.1. The number of anilines is 3. The van der Waals surface area contributed by atoms with Gasteiger partial charge in [0.05, 0.1) is 10.6 Å². The van der Waals surface area contributed by atoms with Crippen LogP contribution in [0, 0.1) is 10.1 Å². The zero-order valence-corrected chi connectivity index (χ0v) is 29.3. The number of nitro groups is 1. The molecule has 0 aliphatic carbocycles. The minimum atomic E-state index is -0.898. The van der Waals surface area contributed by atoms with Crippen LogP contribution in [0.1, 0.15) is 54.7 Å². The number of fused-ring (bicyclic) bond motifs is 7. The van der Waals surface area contributed by atoms with E-state index in [1.54, 1.807) is 6.07 Å². The number of benzene rings is 4. The molecule has 2 aliphatic rings. The number of nitrogens with one attached hydrogen (secondary N) is 2. The third-order valence-electron chi connectivity index (χ3n) is 10.1. The van der Waals surface area contributed by atoms with Crippen LogP contribution in [0.4, 0.5) is 22.7 Å². The molecule has 5 aromatic rings. The van der Waals surface area contributed by atoms with Crippen LogP contribution in [0.25, 0.3) is 11.0 Å². The molecule has 2 aliphatic heterocycles. The normalized spacial score (nSPS) is 13.9. The van der Waals surface area contributed by atoms with Crippen LogP contribution in [0.3, 0.4) is 0 Å². The van der Waals surface area contributed by atoms with E-state index in [1.165, 1.54) is 6.07 Å². The van der Waals surface area contributed by atoms with Crippen LogP contribution in [0.2, 0.25) is 0 Å². The Labute approximate surface area is 296 Å². The molecule has 1 amide bonds. The molecule has 51 heavy (non-hydrogen) atoms. The molecule has 0 bridgehead atoms. The number of ether oxygens (including phenoxy) is 1. The van der Waals surface area contributed by atoms with Gasteiger partial charge < -0.3 is 30.1 Å². The Bertz CT molecular complexity index is 2030. The molecule has 0 saturated carbocycles. The zero-order chi connectivity index (χ0) is 35.7. The van der Waals surface area contributed by atoms with E-state index in [1.807, 2.05) is 23.1 Å². The van der Waals surface area contributed by atoms with Crippen molar-refractivity contribution in [3.8, 4) is 11.5 Å². The summed E-state index contributed by atoms with van der Waals surface area (Å²) < 4.78 is 11.6. The molecular weight excluding hydrogens is 648 g/mol. The van der Waals surface area contributed by atoms with Crippen molar-refractivity contribution >= 4 is 39.7 Å². The van der Waals surface area contributed by atoms with E-state index in [9.17, 15) is 14.9 Å². The van der Waals surface area contributed by atoms with Gasteiger partial charge in [-0.2, -0.15) is 0 Å². The fourth-order valence-corrected chi connectivity index (χ4v) is 7.65. The number of carbonyl (C=O) groups excluding carboxylic acids is 1. The molecule has 264 valence electrons. The van der Waals surface area contributed by atoms with E-state index in [2.05, 4.69) is 101 Å². The lowest BCUT2D eigenvalue weighted by Crippen LogP contribution is -2.49. The molecule has 7 rings (SSSR count). The van der Waals surface area contributed by atoms with E-state index in [4.69, 9.17) is 9.37 Å². The second-order valence-electron chi connectivity index (χ2n) is 12.5. The number of nitrogens with zero attached hydrogens (tertiary/aromatic N) is 6. The monoisotopic (exact) mass is 690 g/mol. The van der Waals surface area contributed by atoms with Crippen molar-refractivity contribution in [2.24, 2.45) is 0 Å². The Morgan fingerprint density at radius 3 is 2.04 bits per heavy atom. The van der Waals surface area contributed by atoms with Crippen molar-refractivity contribution in [2.45, 2.75) is 33.2 Å². The first-order valence-electron chi connectivity index (χ1n) is 17.6. The van der Waals surface area contributed by atoms with Crippen molar-refractivity contribution in [1.82, 2.24) is 20.5 Å². The molecule has 0 saturated heterocycles. The average molecular weight is 691 g/mol. The molecule has 0 radical (unpaired) electrons. The third kappa shape index (κ3) is 5.57. The molecule has 0 fully saturated rings. The van der Waals surface area contributed by atoms with Crippen molar-refractivity contribution in [3.63, 3.8) is 0 Å². The minimum Gasteiger partial charge on any atom is -0.456 e. The molecule has 0 unspecified atom stereocenters. The number of hydrogen-bond acceptors (Lipinski definition) is 11. The smallest absolute Gasteiger partial charge is 0.300 e. The summed E-state index contributed by atoms with van der Waals surface area (Å²) in [7, 11) is 0. The first kappa shape index (κ1) is 33.8. The summed E-state index contributed by atoms with van der Waals surface area (Å²) in [5.41, 5.74) is 5.57. The van der Waals surface area contributed by atoms with E-state index in [-0.39, 0.29) is 17.1 Å². The summed E-state index contributed by atoms with van der Waals surface area (Å²) in [4.78, 5) is 31.9. The standard InChI is InChI=1S/C38H42N8O5/c1-5-43(6-2)25-13-15-29-33(23-25)50-34-24-26(44(7-3)8-4)14-16-30(34)38(29)28-12-10-9-11-27(28)37(47)45(38)22-21-39-19-20-40-31-17-18-32(46(48)49)36-35(31)41-51-42-36/h9-18,23-24,39-40H,5-8,19-22H2,1-4H3. The largest absolute Gasteiger partial charge is 0.456 e. The van der Waals surface area contributed by atoms with Gasteiger partial charge in [-0.3, -0.25) is 14.9 Å². The maximum absolute atomic E-state index is 14.5. The number of carbonyl (C=O) groups is 1. The molecule has 13 heteroatoms. The van der Waals surface area contributed by atoms with Gasteiger partial charge in [-0.15, -0.1) is 0 Å². The fourth-order valence-electron chi connectivity index (χ4n) is 7.65. The second-order valence-corrected chi connectivity index (χ2v) is 12.5. The van der Waals surface area contributed by atoms with E-state index < -0.39 is 10.5 Å². The van der Waals surface area contributed by atoms with Gasteiger partial charge in [0.1, 0.15) is 17.0 Å². The van der Waals surface area contributed by atoms with Crippen LogP contribution >= 0.6 is 0 Å². The quantitative estimate of drug-likeness (QED) is 0.0762. The molecule has 1 spiro atoms. The topological polar surface area (TPSA) is 142 Å². The second kappa shape index (κ2) is 13.9. The van der Waals surface area contributed by atoms with Crippen molar-refractivity contribution in [2.75, 3.05) is 67.5 Å². The lowest BCUT2D eigenvalue weighted by Gasteiger charge is -2.45. The van der Waals surface area contributed by atoms with Crippen LogP contribution in [-0.2, 0) is 5.54 Å². The van der Waals surface area contributed by atoms with E-state index in [0.717, 1.165) is 65.7 Å². The van der Waals surface area contributed by atoms with Crippen molar-refractivity contribution in [3.05, 3.63) is 105 Å². The maximum Gasteiger partial charge on any atom is 0.300 e. The zero-order valence-electron chi connectivity index (χ0n) is 29.3. The highest BCUT2D eigenvalue weighted by atomic mass is 16.6. The highest BCUT2D eigenvalue weighted by molar-refractivity contribution is 6.02. The maximum atomic E-state index is 14.5. The van der Waals surface area contributed by atoms with Gasteiger partial charge in [-0.25, -0.2) is 4.63 Å². The number of rotatable bonds is 14. The number of amides is 1. The predicted molar refractivity (Wildman–Crippen MR) is 197 cm³/mol. The lowest BCUT2D eigenvalue weighted by molar-refractivity contribution is -0.383. The number of non-ortho nitro benzene ring substituents is 1. The van der Waals surface area contributed by atoms with Gasteiger partial charge in [-0.1, -0.05) is 30.3 Å². The molecular formula is C38H42N8O5. The molecule has 2 N–H and O–H groups in total. The van der Waals surface area contributed by atoms with Crippen LogP contribution in [-0.4, -0.2) is 78.4 Å². The van der Waals surface area contributed by atoms with Gasteiger partial charge in [0.15, 0.2) is 5.52 Å². The van der Waals surface area contributed by atoms with Crippen LogP contribution in [0.15, 0.2) is 77.4 Å². The number of hydrogen-bond donors (Lipinski definition) is 2. The molecule has 1 aromatic heterocycles. The van der Waals surface area contributed by atoms with Gasteiger partial charge >= 0.3 is 5.69 Å². The van der Waals surface area contributed by atoms with Gasteiger partial charge in [0.25, 0.3) is 5.91 Å². The Balaban J connectivity index is 1.21. The van der Waals surface area contributed by atoms with Crippen molar-refractivity contribution < 1.29 is 19.1 Å². The van der Waals surface area contributed by atoms with E-state index >= 15 is 0 Å². The summed E-state index contributed by atoms with van der Waals surface area (Å²) >= 11 is 0. The Kier molecular flexibility index (Phi) is 9.21. The lowest BCUT2D eigenvalue weighted by atomic mass is 9.74. The van der Waals surface area contributed by atoms with E-state index in [0.29, 0.717) is 42.9 Å². The molecule has 3 heterocycles. The van der Waals surface area contributed by atoms with Gasteiger partial charge in [0, 0.05) is 98.6 Å². The molecule has 0 atom stereocenters.